The fraction of sp³-hybridized carbons (Fsp3) is 0.294. The van der Waals surface area contributed by atoms with Crippen molar-refractivity contribution in [3.63, 3.8) is 0 Å². The molecular formula is C17H20N2O3. The number of methoxy groups -OCH3 is 1. The minimum Gasteiger partial charge on any atom is -0.623 e. The van der Waals surface area contributed by atoms with E-state index in [2.05, 4.69) is 4.98 Å². The molecule has 5 heteroatoms. The SMILES string of the molecule is COc1cccc(C/[N+]([O-])=C(\C)c2cc(C)cc(C)n2)c1O. The molecule has 1 N–H and O–H groups in total. The fourth-order valence-electron chi connectivity index (χ4n) is 2.29. The molecule has 116 valence electrons. The third-order valence-electron chi connectivity index (χ3n) is 3.46. The predicted octanol–water partition coefficient (Wildman–Crippen LogP) is 2.93. The van der Waals surface area contributed by atoms with Crippen molar-refractivity contribution < 1.29 is 14.6 Å². The van der Waals surface area contributed by atoms with Crippen molar-refractivity contribution in [1.82, 2.24) is 4.98 Å². The number of hydrogen-bond donors (Lipinski definition) is 1. The molecule has 0 unspecified atom stereocenters. The number of aryl methyl sites for hydroxylation is 2. The van der Waals surface area contributed by atoms with Crippen molar-refractivity contribution in [2.75, 3.05) is 7.11 Å². The molecule has 0 saturated carbocycles. The first-order chi connectivity index (χ1) is 10.4. The Bertz CT molecular complexity index is 704. The molecule has 2 rings (SSSR count). The summed E-state index contributed by atoms with van der Waals surface area (Å²) in [4.78, 5) is 4.39. The number of hydrogen-bond acceptors (Lipinski definition) is 4. The highest BCUT2D eigenvalue weighted by atomic mass is 16.5. The van der Waals surface area contributed by atoms with Crippen molar-refractivity contribution in [2.45, 2.75) is 27.3 Å². The molecule has 0 spiro atoms. The van der Waals surface area contributed by atoms with Crippen LogP contribution < -0.4 is 4.74 Å². The van der Waals surface area contributed by atoms with E-state index in [0.717, 1.165) is 16.0 Å². The Labute approximate surface area is 130 Å². The molecule has 22 heavy (non-hydrogen) atoms. The second-order valence-electron chi connectivity index (χ2n) is 5.26. The van der Waals surface area contributed by atoms with Gasteiger partial charge in [0, 0.05) is 12.6 Å². The van der Waals surface area contributed by atoms with Gasteiger partial charge in [-0.1, -0.05) is 6.07 Å². The zero-order chi connectivity index (χ0) is 16.3. The highest BCUT2D eigenvalue weighted by molar-refractivity contribution is 5.93. The first kappa shape index (κ1) is 15.8. The smallest absolute Gasteiger partial charge is 0.210 e. The van der Waals surface area contributed by atoms with Crippen LogP contribution >= 0.6 is 0 Å². The number of phenolic OH excluding ortho intramolecular Hbond substituents is 1. The van der Waals surface area contributed by atoms with Gasteiger partial charge in [0.15, 0.2) is 18.0 Å². The van der Waals surface area contributed by atoms with Crippen LogP contribution in [-0.2, 0) is 6.54 Å². The molecule has 0 radical (unpaired) electrons. The van der Waals surface area contributed by atoms with E-state index in [4.69, 9.17) is 4.74 Å². The minimum atomic E-state index is -0.00738. The summed E-state index contributed by atoms with van der Waals surface area (Å²) in [6.45, 7) is 5.62. The lowest BCUT2D eigenvalue weighted by atomic mass is 10.1. The van der Waals surface area contributed by atoms with Crippen molar-refractivity contribution in [1.29, 1.82) is 0 Å². The van der Waals surface area contributed by atoms with Crippen molar-refractivity contribution in [3.05, 3.63) is 58.1 Å². The Morgan fingerprint density at radius 3 is 2.68 bits per heavy atom. The zero-order valence-electron chi connectivity index (χ0n) is 13.3. The van der Waals surface area contributed by atoms with Crippen molar-refractivity contribution in [3.8, 4) is 11.5 Å². The summed E-state index contributed by atoms with van der Waals surface area (Å²) in [5.41, 5.74) is 3.59. The Balaban J connectivity index is 2.36. The van der Waals surface area contributed by atoms with Crippen LogP contribution in [0.15, 0.2) is 30.3 Å². The third kappa shape index (κ3) is 3.36. The van der Waals surface area contributed by atoms with Crippen LogP contribution in [0, 0.1) is 19.1 Å². The van der Waals surface area contributed by atoms with Gasteiger partial charge in [-0.05, 0) is 43.7 Å². The van der Waals surface area contributed by atoms with Crippen LogP contribution in [0.1, 0.15) is 29.4 Å². The molecule has 0 aliphatic rings. The molecule has 0 aliphatic carbocycles. The minimum absolute atomic E-state index is 0.00738. The maximum Gasteiger partial charge on any atom is 0.210 e. The average molecular weight is 300 g/mol. The number of benzene rings is 1. The molecule has 1 heterocycles. The van der Waals surface area contributed by atoms with E-state index in [1.807, 2.05) is 26.0 Å². The van der Waals surface area contributed by atoms with E-state index >= 15 is 0 Å². The van der Waals surface area contributed by atoms with Crippen molar-refractivity contribution in [2.24, 2.45) is 0 Å². The van der Waals surface area contributed by atoms with Crippen LogP contribution in [-0.4, -0.2) is 27.7 Å². The Hall–Kier alpha value is -2.56. The molecule has 0 saturated heterocycles. The summed E-state index contributed by atoms with van der Waals surface area (Å²) in [7, 11) is 1.48. The van der Waals surface area contributed by atoms with Crippen LogP contribution in [0.2, 0.25) is 0 Å². The Morgan fingerprint density at radius 2 is 2.05 bits per heavy atom. The Morgan fingerprint density at radius 1 is 1.32 bits per heavy atom. The first-order valence-electron chi connectivity index (χ1n) is 7.01. The summed E-state index contributed by atoms with van der Waals surface area (Å²) in [6.07, 6.45) is 0. The number of phenols is 1. The van der Waals surface area contributed by atoms with Gasteiger partial charge < -0.3 is 15.1 Å². The average Bonchev–Trinajstić information content (AvgIpc) is 2.47. The maximum absolute atomic E-state index is 12.4. The van der Waals surface area contributed by atoms with Gasteiger partial charge in [0.1, 0.15) is 5.69 Å². The van der Waals surface area contributed by atoms with Crippen LogP contribution in [0.4, 0.5) is 0 Å². The molecule has 0 bridgehead atoms. The molecular weight excluding hydrogens is 280 g/mol. The van der Waals surface area contributed by atoms with E-state index in [9.17, 15) is 10.3 Å². The lowest BCUT2D eigenvalue weighted by Crippen LogP contribution is -2.16. The predicted molar refractivity (Wildman–Crippen MR) is 85.5 cm³/mol. The van der Waals surface area contributed by atoms with Gasteiger partial charge in [0.2, 0.25) is 5.71 Å². The monoisotopic (exact) mass is 300 g/mol. The van der Waals surface area contributed by atoms with Gasteiger partial charge in [-0.25, -0.2) is 9.72 Å². The Kier molecular flexibility index (Phi) is 4.65. The van der Waals surface area contributed by atoms with Gasteiger partial charge in [-0.3, -0.25) is 0 Å². The molecule has 1 aromatic heterocycles. The fourth-order valence-corrected chi connectivity index (χ4v) is 2.29. The molecule has 0 amide bonds. The van der Waals surface area contributed by atoms with Crippen LogP contribution in [0.3, 0.4) is 0 Å². The third-order valence-corrected chi connectivity index (χ3v) is 3.46. The zero-order valence-corrected chi connectivity index (χ0v) is 13.3. The van der Waals surface area contributed by atoms with Gasteiger partial charge >= 0.3 is 0 Å². The van der Waals surface area contributed by atoms with Gasteiger partial charge in [0.05, 0.1) is 12.7 Å². The molecule has 0 aliphatic heterocycles. The second-order valence-corrected chi connectivity index (χ2v) is 5.26. The topological polar surface area (TPSA) is 68.4 Å². The number of aromatic hydroxyl groups is 1. The summed E-state index contributed by atoms with van der Waals surface area (Å²) in [5.74, 6) is 0.347. The van der Waals surface area contributed by atoms with Gasteiger partial charge in [-0.15, -0.1) is 0 Å². The van der Waals surface area contributed by atoms with E-state index in [1.54, 1.807) is 25.1 Å². The molecule has 5 nitrogen and oxygen atoms in total. The van der Waals surface area contributed by atoms with Crippen molar-refractivity contribution >= 4 is 5.71 Å². The normalized spacial score (nSPS) is 12.0. The highest BCUT2D eigenvalue weighted by Crippen LogP contribution is 2.29. The largest absolute Gasteiger partial charge is 0.623 e. The van der Waals surface area contributed by atoms with E-state index in [-0.39, 0.29) is 12.3 Å². The number of aromatic nitrogens is 1. The first-order valence-corrected chi connectivity index (χ1v) is 7.01. The molecule has 1 aromatic carbocycles. The quantitative estimate of drug-likeness (QED) is 0.408. The summed E-state index contributed by atoms with van der Waals surface area (Å²) >= 11 is 0. The van der Waals surface area contributed by atoms with Gasteiger partial charge in [-0.2, -0.15) is 0 Å². The lowest BCUT2D eigenvalue weighted by molar-refractivity contribution is -0.475. The standard InChI is InChI=1S/C17H20N2O3/c1-11-8-12(2)18-15(9-11)13(3)19(21)10-14-6-5-7-16(22-4)17(14)20/h5-9,20H,10H2,1-4H3/b19-13-. The second kappa shape index (κ2) is 6.47. The van der Waals surface area contributed by atoms with E-state index in [1.165, 1.54) is 7.11 Å². The number of pyridine rings is 1. The number of nitrogens with zero attached hydrogens (tertiary/aromatic N) is 2. The summed E-state index contributed by atoms with van der Waals surface area (Å²) < 4.78 is 5.88. The van der Waals surface area contributed by atoms with E-state index in [0.29, 0.717) is 22.7 Å². The molecule has 0 atom stereocenters. The summed E-state index contributed by atoms with van der Waals surface area (Å²) in [6, 6.07) is 8.92. The van der Waals surface area contributed by atoms with Gasteiger partial charge in [0.25, 0.3) is 0 Å². The lowest BCUT2D eigenvalue weighted by Gasteiger charge is -2.11. The highest BCUT2D eigenvalue weighted by Gasteiger charge is 2.14. The number of rotatable bonds is 4. The molecule has 2 aromatic rings. The van der Waals surface area contributed by atoms with Crippen LogP contribution in [0.25, 0.3) is 0 Å². The number of para-hydroxylation sites is 1. The number of ether oxygens (including phenoxy) is 1. The number of hydroxylamine groups is 1. The van der Waals surface area contributed by atoms with Crippen LogP contribution in [0.5, 0.6) is 11.5 Å². The maximum atomic E-state index is 12.4. The van der Waals surface area contributed by atoms with E-state index < -0.39 is 0 Å². The molecule has 0 fully saturated rings. The summed E-state index contributed by atoms with van der Waals surface area (Å²) in [5, 5.41) is 22.4.